The van der Waals surface area contributed by atoms with Crippen molar-refractivity contribution in [2.45, 2.75) is 31.1 Å². The number of hydrogen-bond acceptors (Lipinski definition) is 1. The zero-order chi connectivity index (χ0) is 17.8. The topological polar surface area (TPSA) is 0 Å². The number of thiophene rings is 1. The van der Waals surface area contributed by atoms with Gasteiger partial charge in [-0.25, -0.2) is 0 Å². The van der Waals surface area contributed by atoms with Crippen molar-refractivity contribution in [1.29, 1.82) is 0 Å². The average molecular weight is 405 g/mol. The standard InChI is InChI=1S/C23H24GeS/c1-15-6-12-21-20-13-9-18(14-22(20)25-23(21)16(15)2)17-7-10-19(11-8-17)24(3,4)5/h6-14H,1-5H3. The van der Waals surface area contributed by atoms with Gasteiger partial charge in [0.25, 0.3) is 0 Å². The van der Waals surface area contributed by atoms with E-state index in [0.717, 1.165) is 0 Å². The van der Waals surface area contributed by atoms with Gasteiger partial charge in [0.1, 0.15) is 0 Å². The van der Waals surface area contributed by atoms with Crippen LogP contribution < -0.4 is 4.40 Å². The predicted octanol–water partition coefficient (Wildman–Crippen LogP) is 6.88. The van der Waals surface area contributed by atoms with Crippen LogP contribution in [-0.2, 0) is 0 Å². The SMILES string of the molecule is Cc1ccc2c(sc3cc(-c4cc[c]([Ge]([CH3])([CH3])[CH3])cc4)ccc32)c1C. The van der Waals surface area contributed by atoms with Crippen LogP contribution in [0.1, 0.15) is 11.1 Å². The first-order valence-electron chi connectivity index (χ1n) is 8.88. The van der Waals surface area contributed by atoms with Gasteiger partial charge in [-0.15, -0.1) is 0 Å². The molecule has 0 aliphatic carbocycles. The van der Waals surface area contributed by atoms with Crippen molar-refractivity contribution >= 4 is 49.2 Å². The molecule has 0 aliphatic heterocycles. The van der Waals surface area contributed by atoms with Gasteiger partial charge in [-0.1, -0.05) is 0 Å². The van der Waals surface area contributed by atoms with Crippen LogP contribution in [0, 0.1) is 13.8 Å². The molecule has 0 unspecified atom stereocenters. The van der Waals surface area contributed by atoms with Gasteiger partial charge in [0.15, 0.2) is 0 Å². The van der Waals surface area contributed by atoms with Crippen LogP contribution >= 0.6 is 11.3 Å². The number of hydrogen-bond donors (Lipinski definition) is 0. The molecule has 0 N–H and O–H groups in total. The number of aryl methyl sites for hydroxylation is 2. The van der Waals surface area contributed by atoms with E-state index >= 15 is 0 Å². The molecule has 0 saturated heterocycles. The average Bonchev–Trinajstić information content (AvgIpc) is 2.96. The molecule has 0 bridgehead atoms. The molecule has 126 valence electrons. The van der Waals surface area contributed by atoms with Gasteiger partial charge >= 0.3 is 157 Å². The zero-order valence-corrected chi connectivity index (χ0v) is 18.5. The molecule has 4 rings (SSSR count). The van der Waals surface area contributed by atoms with Crippen LogP contribution in [0.4, 0.5) is 0 Å². The molecule has 3 aromatic carbocycles. The molecule has 0 atom stereocenters. The van der Waals surface area contributed by atoms with E-state index in [9.17, 15) is 0 Å². The fraction of sp³-hybridized carbons (Fsp3) is 0.217. The molecule has 0 saturated carbocycles. The Balaban J connectivity index is 1.84. The number of fused-ring (bicyclic) bond motifs is 3. The Morgan fingerprint density at radius 1 is 0.720 bits per heavy atom. The van der Waals surface area contributed by atoms with Gasteiger partial charge in [0.2, 0.25) is 0 Å². The summed E-state index contributed by atoms with van der Waals surface area (Å²) in [6, 6.07) is 20.8. The molecule has 2 heteroatoms. The first kappa shape index (κ1) is 16.9. The molecular formula is C23H24GeS. The summed E-state index contributed by atoms with van der Waals surface area (Å²) >= 11 is 0.194. The second-order valence-electron chi connectivity index (χ2n) is 8.02. The van der Waals surface area contributed by atoms with Crippen LogP contribution in [0.3, 0.4) is 0 Å². The molecule has 0 amide bonds. The van der Waals surface area contributed by atoms with Crippen molar-refractivity contribution in [3.05, 3.63) is 65.7 Å². The fourth-order valence-corrected chi connectivity index (χ4v) is 7.16. The maximum absolute atomic E-state index is 2.45. The van der Waals surface area contributed by atoms with Crippen molar-refractivity contribution < 1.29 is 0 Å². The van der Waals surface area contributed by atoms with Crippen LogP contribution in [0.2, 0.25) is 17.3 Å². The van der Waals surface area contributed by atoms with Crippen molar-refractivity contribution in [3.63, 3.8) is 0 Å². The Morgan fingerprint density at radius 3 is 2.04 bits per heavy atom. The van der Waals surface area contributed by atoms with Crippen molar-refractivity contribution in [2.24, 2.45) is 0 Å². The maximum atomic E-state index is 2.45. The first-order valence-corrected chi connectivity index (χ1v) is 17.0. The Hall–Kier alpha value is -1.58. The summed E-state index contributed by atoms with van der Waals surface area (Å²) in [6.07, 6.45) is 0. The Morgan fingerprint density at radius 2 is 1.36 bits per heavy atom. The quantitative estimate of drug-likeness (QED) is 0.319. The van der Waals surface area contributed by atoms with Crippen molar-refractivity contribution in [2.75, 3.05) is 0 Å². The normalized spacial score (nSPS) is 12.2. The van der Waals surface area contributed by atoms with E-state index in [0.29, 0.717) is 0 Å². The predicted molar refractivity (Wildman–Crippen MR) is 117 cm³/mol. The third-order valence-corrected chi connectivity index (χ3v) is 10.9. The van der Waals surface area contributed by atoms with Gasteiger partial charge in [-0.05, 0) is 0 Å². The van der Waals surface area contributed by atoms with Gasteiger partial charge in [-0.3, -0.25) is 0 Å². The van der Waals surface area contributed by atoms with Gasteiger partial charge in [0, 0.05) is 0 Å². The molecule has 0 radical (unpaired) electrons. The van der Waals surface area contributed by atoms with E-state index in [1.807, 2.05) is 11.3 Å². The molecule has 1 heterocycles. The van der Waals surface area contributed by atoms with Gasteiger partial charge < -0.3 is 0 Å². The minimum absolute atomic E-state index is 1.32. The van der Waals surface area contributed by atoms with E-state index in [1.165, 1.54) is 42.4 Å². The van der Waals surface area contributed by atoms with Crippen LogP contribution in [0.5, 0.6) is 0 Å². The van der Waals surface area contributed by atoms with Gasteiger partial charge in [0.05, 0.1) is 0 Å². The molecule has 0 aliphatic rings. The van der Waals surface area contributed by atoms with E-state index in [1.54, 1.807) is 4.40 Å². The Kier molecular flexibility index (Phi) is 4.05. The second-order valence-corrected chi connectivity index (χ2v) is 19.7. The summed E-state index contributed by atoms with van der Waals surface area (Å²) in [6.45, 7) is 4.44. The molecule has 0 fully saturated rings. The van der Waals surface area contributed by atoms with Crippen molar-refractivity contribution in [3.8, 4) is 11.1 Å². The summed E-state index contributed by atoms with van der Waals surface area (Å²) in [5.41, 5.74) is 5.44. The summed E-state index contributed by atoms with van der Waals surface area (Å²) in [5.74, 6) is 7.34. The van der Waals surface area contributed by atoms with Crippen LogP contribution in [-0.4, -0.2) is 13.3 Å². The van der Waals surface area contributed by atoms with Crippen LogP contribution in [0.25, 0.3) is 31.3 Å². The molecule has 1 aromatic heterocycles. The van der Waals surface area contributed by atoms with E-state index in [-0.39, 0.29) is 0 Å². The third kappa shape index (κ3) is 2.94. The first-order chi connectivity index (χ1) is 11.8. The molecule has 0 nitrogen and oxygen atoms in total. The summed E-state index contributed by atoms with van der Waals surface area (Å²) in [4.78, 5) is 0. The second kappa shape index (κ2) is 6.00. The molecular weight excluding hydrogens is 381 g/mol. The number of rotatable bonds is 2. The van der Waals surface area contributed by atoms with Crippen LogP contribution in [0.15, 0.2) is 54.6 Å². The molecule has 25 heavy (non-hydrogen) atoms. The minimum atomic E-state index is -1.73. The fourth-order valence-electron chi connectivity index (χ4n) is 3.42. The van der Waals surface area contributed by atoms with E-state index in [2.05, 4.69) is 85.7 Å². The monoisotopic (exact) mass is 406 g/mol. The summed E-state index contributed by atoms with van der Waals surface area (Å²) in [7, 11) is 0. The van der Waals surface area contributed by atoms with E-state index in [4.69, 9.17) is 0 Å². The number of benzene rings is 3. The van der Waals surface area contributed by atoms with Crippen molar-refractivity contribution in [1.82, 2.24) is 0 Å². The zero-order valence-electron chi connectivity index (χ0n) is 15.6. The molecule has 4 aromatic rings. The van der Waals surface area contributed by atoms with Gasteiger partial charge in [-0.2, -0.15) is 0 Å². The third-order valence-electron chi connectivity index (χ3n) is 5.24. The molecule has 0 spiro atoms. The van der Waals surface area contributed by atoms with E-state index < -0.39 is 13.3 Å². The summed E-state index contributed by atoms with van der Waals surface area (Å²) in [5, 5.41) is 2.78. The Labute approximate surface area is 156 Å². The summed E-state index contributed by atoms with van der Waals surface area (Å²) < 4.78 is 4.39. The Bertz CT molecular complexity index is 1080.